The van der Waals surface area contributed by atoms with Gasteiger partial charge in [-0.3, -0.25) is 4.68 Å². The highest BCUT2D eigenvalue weighted by molar-refractivity contribution is 7.99. The molecule has 0 unspecified atom stereocenters. The number of anilines is 1. The molecule has 0 amide bonds. The third-order valence-electron chi connectivity index (χ3n) is 2.79. The van der Waals surface area contributed by atoms with E-state index >= 15 is 0 Å². The normalized spacial score (nSPS) is 11.1. The number of nitrogens with zero attached hydrogens (tertiary/aromatic N) is 3. The van der Waals surface area contributed by atoms with Crippen molar-refractivity contribution in [3.8, 4) is 0 Å². The number of rotatable bonds is 4. The summed E-state index contributed by atoms with van der Waals surface area (Å²) in [6.07, 6.45) is 1.92. The molecule has 0 radical (unpaired) electrons. The van der Waals surface area contributed by atoms with E-state index in [0.717, 1.165) is 40.7 Å². The Morgan fingerprint density at radius 3 is 2.67 bits per heavy atom. The molecule has 2 rings (SSSR count). The summed E-state index contributed by atoms with van der Waals surface area (Å²) >= 11 is 1.42. The largest absolute Gasteiger partial charge is 0.436 e. The summed E-state index contributed by atoms with van der Waals surface area (Å²) in [4.78, 5) is 4.34. The van der Waals surface area contributed by atoms with E-state index in [1.165, 1.54) is 11.8 Å². The molecule has 98 valence electrons. The second kappa shape index (κ2) is 5.06. The fourth-order valence-corrected chi connectivity index (χ4v) is 2.61. The van der Waals surface area contributed by atoms with E-state index in [-0.39, 0.29) is 0 Å². The van der Waals surface area contributed by atoms with Crippen LogP contribution in [-0.2, 0) is 13.5 Å². The Morgan fingerprint density at radius 2 is 2.11 bits per heavy atom. The quantitative estimate of drug-likeness (QED) is 0.921. The molecule has 2 heterocycles. The predicted octanol–water partition coefficient (Wildman–Crippen LogP) is 2.71. The van der Waals surface area contributed by atoms with Crippen LogP contribution < -0.4 is 5.73 Å². The van der Waals surface area contributed by atoms with Crippen LogP contribution in [0, 0.1) is 13.8 Å². The zero-order chi connectivity index (χ0) is 13.3. The highest BCUT2D eigenvalue weighted by Crippen LogP contribution is 2.34. The van der Waals surface area contributed by atoms with Crippen molar-refractivity contribution in [2.75, 3.05) is 5.73 Å². The SMILES string of the molecule is CCCc1nn(C)c(Sc2nc(C)c(C)o2)c1N. The molecule has 2 N–H and O–H groups in total. The van der Waals surface area contributed by atoms with Crippen LogP contribution in [0.5, 0.6) is 0 Å². The zero-order valence-corrected chi connectivity index (χ0v) is 12.0. The molecule has 0 aliphatic rings. The van der Waals surface area contributed by atoms with Crippen LogP contribution in [0.15, 0.2) is 14.7 Å². The maximum Gasteiger partial charge on any atom is 0.262 e. The van der Waals surface area contributed by atoms with Gasteiger partial charge in [0.2, 0.25) is 0 Å². The molecule has 6 heteroatoms. The molecule has 0 saturated heterocycles. The van der Waals surface area contributed by atoms with Gasteiger partial charge < -0.3 is 10.2 Å². The van der Waals surface area contributed by atoms with Crippen molar-refractivity contribution in [1.29, 1.82) is 0 Å². The first-order chi connectivity index (χ1) is 8.52. The highest BCUT2D eigenvalue weighted by Gasteiger charge is 2.17. The lowest BCUT2D eigenvalue weighted by atomic mass is 10.2. The number of hydrogen-bond acceptors (Lipinski definition) is 5. The Hall–Kier alpha value is -1.43. The van der Waals surface area contributed by atoms with E-state index < -0.39 is 0 Å². The lowest BCUT2D eigenvalue weighted by molar-refractivity contribution is 0.430. The van der Waals surface area contributed by atoms with Crippen molar-refractivity contribution < 1.29 is 4.42 Å². The van der Waals surface area contributed by atoms with Crippen molar-refractivity contribution in [2.24, 2.45) is 7.05 Å². The molecule has 0 fully saturated rings. The monoisotopic (exact) mass is 266 g/mol. The van der Waals surface area contributed by atoms with Crippen LogP contribution in [0.1, 0.15) is 30.5 Å². The summed E-state index contributed by atoms with van der Waals surface area (Å²) in [6.45, 7) is 5.95. The summed E-state index contributed by atoms with van der Waals surface area (Å²) < 4.78 is 7.34. The average molecular weight is 266 g/mol. The number of oxazole rings is 1. The van der Waals surface area contributed by atoms with Gasteiger partial charge in [-0.2, -0.15) is 5.10 Å². The number of aromatic nitrogens is 3. The number of nitrogen functional groups attached to an aromatic ring is 1. The van der Waals surface area contributed by atoms with E-state index in [9.17, 15) is 0 Å². The smallest absolute Gasteiger partial charge is 0.262 e. The first kappa shape index (κ1) is 13.0. The summed E-state index contributed by atoms with van der Waals surface area (Å²) in [5.41, 5.74) is 8.70. The van der Waals surface area contributed by atoms with E-state index in [2.05, 4.69) is 17.0 Å². The summed E-state index contributed by atoms with van der Waals surface area (Å²) in [6, 6.07) is 0. The topological polar surface area (TPSA) is 69.9 Å². The van der Waals surface area contributed by atoms with Gasteiger partial charge in [0, 0.05) is 7.05 Å². The first-order valence-electron chi connectivity index (χ1n) is 5.96. The Labute approximate surface area is 111 Å². The van der Waals surface area contributed by atoms with Gasteiger partial charge in [-0.15, -0.1) is 0 Å². The fourth-order valence-electron chi connectivity index (χ4n) is 1.69. The second-order valence-electron chi connectivity index (χ2n) is 4.26. The molecule has 5 nitrogen and oxygen atoms in total. The third kappa shape index (κ3) is 2.38. The minimum atomic E-state index is 0.614. The Kier molecular flexibility index (Phi) is 3.65. The van der Waals surface area contributed by atoms with Crippen LogP contribution in [0.25, 0.3) is 0 Å². The minimum Gasteiger partial charge on any atom is -0.436 e. The highest BCUT2D eigenvalue weighted by atomic mass is 32.2. The maximum absolute atomic E-state index is 6.11. The zero-order valence-electron chi connectivity index (χ0n) is 11.1. The standard InChI is InChI=1S/C12H18N4OS/c1-5-6-9-10(13)11(16(4)15-9)18-12-14-7(2)8(3)17-12/h5-6,13H2,1-4H3. The minimum absolute atomic E-state index is 0.614. The van der Waals surface area contributed by atoms with E-state index in [0.29, 0.717) is 5.22 Å². The lowest BCUT2D eigenvalue weighted by Crippen LogP contribution is -1.93. The van der Waals surface area contributed by atoms with Crippen molar-refractivity contribution >= 4 is 17.4 Å². The van der Waals surface area contributed by atoms with Gasteiger partial charge in [0.15, 0.2) is 0 Å². The van der Waals surface area contributed by atoms with Crippen LogP contribution in [0.3, 0.4) is 0 Å². The van der Waals surface area contributed by atoms with Gasteiger partial charge in [-0.05, 0) is 32.0 Å². The van der Waals surface area contributed by atoms with Crippen molar-refractivity contribution in [3.63, 3.8) is 0 Å². The molecule has 18 heavy (non-hydrogen) atoms. The van der Waals surface area contributed by atoms with Gasteiger partial charge in [-0.25, -0.2) is 4.98 Å². The molecule has 0 bridgehead atoms. The molecule has 2 aromatic heterocycles. The Bertz CT molecular complexity index is 539. The van der Waals surface area contributed by atoms with Gasteiger partial charge in [0.05, 0.1) is 17.1 Å². The fraction of sp³-hybridized carbons (Fsp3) is 0.500. The van der Waals surface area contributed by atoms with E-state index in [4.69, 9.17) is 10.2 Å². The molecule has 0 aromatic carbocycles. The average Bonchev–Trinajstić information content (AvgIpc) is 2.75. The van der Waals surface area contributed by atoms with Crippen molar-refractivity contribution in [3.05, 3.63) is 17.1 Å². The Morgan fingerprint density at radius 1 is 1.39 bits per heavy atom. The first-order valence-corrected chi connectivity index (χ1v) is 6.77. The maximum atomic E-state index is 6.11. The van der Waals surface area contributed by atoms with Crippen LogP contribution in [-0.4, -0.2) is 14.8 Å². The molecular formula is C12H18N4OS. The number of nitrogens with two attached hydrogens (primary N) is 1. The predicted molar refractivity (Wildman–Crippen MR) is 71.7 cm³/mol. The summed E-state index contributed by atoms with van der Waals surface area (Å²) in [5, 5.41) is 5.93. The van der Waals surface area contributed by atoms with Crippen molar-refractivity contribution in [2.45, 2.75) is 43.9 Å². The number of aryl methyl sites for hydroxylation is 4. The van der Waals surface area contributed by atoms with Crippen LogP contribution in [0.2, 0.25) is 0 Å². The lowest BCUT2D eigenvalue weighted by Gasteiger charge is -1.99. The summed E-state index contributed by atoms with van der Waals surface area (Å²) in [7, 11) is 1.89. The van der Waals surface area contributed by atoms with E-state index in [1.807, 2.05) is 20.9 Å². The third-order valence-corrected chi connectivity index (χ3v) is 3.81. The molecule has 0 aliphatic heterocycles. The number of hydrogen-bond donors (Lipinski definition) is 1. The summed E-state index contributed by atoms with van der Waals surface area (Å²) in [5.74, 6) is 0.840. The van der Waals surface area contributed by atoms with E-state index in [1.54, 1.807) is 4.68 Å². The van der Waals surface area contributed by atoms with Gasteiger partial charge in [0.1, 0.15) is 10.8 Å². The molecule has 2 aromatic rings. The molecular weight excluding hydrogens is 248 g/mol. The Balaban J connectivity index is 2.28. The second-order valence-corrected chi connectivity index (χ2v) is 5.20. The van der Waals surface area contributed by atoms with Gasteiger partial charge in [-0.1, -0.05) is 13.3 Å². The molecule has 0 aliphatic carbocycles. The molecule has 0 atom stereocenters. The van der Waals surface area contributed by atoms with Gasteiger partial charge >= 0.3 is 0 Å². The molecule has 0 saturated carbocycles. The van der Waals surface area contributed by atoms with Crippen LogP contribution >= 0.6 is 11.8 Å². The molecule has 0 spiro atoms. The van der Waals surface area contributed by atoms with Gasteiger partial charge in [0.25, 0.3) is 5.22 Å². The van der Waals surface area contributed by atoms with Crippen LogP contribution in [0.4, 0.5) is 5.69 Å². The van der Waals surface area contributed by atoms with Crippen molar-refractivity contribution in [1.82, 2.24) is 14.8 Å².